The number of hydrogen-bond donors (Lipinski definition) is 2. The van der Waals surface area contributed by atoms with Gasteiger partial charge in [-0.1, -0.05) is 0 Å². The molecule has 0 aliphatic carbocycles. The number of carbonyl (C=O) groups is 2. The van der Waals surface area contributed by atoms with E-state index in [0.717, 1.165) is 18.5 Å². The van der Waals surface area contributed by atoms with Crippen molar-refractivity contribution in [1.82, 2.24) is 10.2 Å². The normalized spacial score (nSPS) is 21.0. The lowest BCUT2D eigenvalue weighted by Gasteiger charge is -2.40. The molecule has 0 spiro atoms. The maximum Gasteiger partial charge on any atom is 0.257 e. The zero-order valence-electron chi connectivity index (χ0n) is 16.2. The third kappa shape index (κ3) is 5.38. The molecular formula is C20H31N3O3. The van der Waals surface area contributed by atoms with Gasteiger partial charge in [0.25, 0.3) is 5.91 Å². The Morgan fingerprint density at radius 2 is 1.81 bits per heavy atom. The number of carbonyl (C=O) groups excluding carboxylic acids is 2. The van der Waals surface area contributed by atoms with Crippen LogP contribution in [0.25, 0.3) is 0 Å². The number of rotatable bonds is 7. The van der Waals surface area contributed by atoms with Gasteiger partial charge in [0.2, 0.25) is 5.91 Å². The smallest absolute Gasteiger partial charge is 0.257 e. The monoisotopic (exact) mass is 361 g/mol. The highest BCUT2D eigenvalue weighted by Crippen LogP contribution is 2.24. The summed E-state index contributed by atoms with van der Waals surface area (Å²) in [5.74, 6) is 0.624. The molecule has 26 heavy (non-hydrogen) atoms. The molecule has 3 atom stereocenters. The molecule has 0 aromatic heterocycles. The first kappa shape index (κ1) is 20.1. The molecule has 0 unspecified atom stereocenters. The molecule has 6 nitrogen and oxygen atoms in total. The Morgan fingerprint density at radius 3 is 2.38 bits per heavy atom. The van der Waals surface area contributed by atoms with Gasteiger partial charge in [0.1, 0.15) is 11.8 Å². The minimum atomic E-state index is -0.292. The first-order chi connectivity index (χ1) is 12.4. The van der Waals surface area contributed by atoms with Crippen LogP contribution in [-0.2, 0) is 9.59 Å². The van der Waals surface area contributed by atoms with Crippen LogP contribution in [0.1, 0.15) is 47.0 Å². The summed E-state index contributed by atoms with van der Waals surface area (Å²) in [7, 11) is 0. The zero-order chi connectivity index (χ0) is 19.1. The van der Waals surface area contributed by atoms with Gasteiger partial charge in [-0.2, -0.15) is 0 Å². The molecule has 0 radical (unpaired) electrons. The standard InChI is InChI=1S/C20H31N3O3/c1-5-21-19(24)13-26-18-11-9-17(10-12-18)22-16(4)20(25)23-14(2)7-6-8-15(23)3/h9-12,14-16,22H,5-8,13H2,1-4H3,(H,21,24)/t14-,15-,16-/m1/s1. The van der Waals surface area contributed by atoms with E-state index in [1.807, 2.05) is 30.9 Å². The molecule has 1 aliphatic heterocycles. The Bertz CT molecular complexity index is 593. The molecule has 0 saturated carbocycles. The van der Waals surface area contributed by atoms with Crippen LogP contribution < -0.4 is 15.4 Å². The van der Waals surface area contributed by atoms with Gasteiger partial charge in [-0.15, -0.1) is 0 Å². The molecular weight excluding hydrogens is 330 g/mol. The summed E-state index contributed by atoms with van der Waals surface area (Å²) in [5.41, 5.74) is 0.855. The maximum atomic E-state index is 12.8. The second-order valence-electron chi connectivity index (χ2n) is 7.01. The predicted octanol–water partition coefficient (Wildman–Crippen LogP) is 2.79. The van der Waals surface area contributed by atoms with Crippen LogP contribution in [0.2, 0.25) is 0 Å². The average Bonchev–Trinajstić information content (AvgIpc) is 2.61. The fraction of sp³-hybridized carbons (Fsp3) is 0.600. The second kappa shape index (κ2) is 9.46. The molecule has 1 aromatic rings. The molecule has 144 valence electrons. The number of ether oxygens (including phenoxy) is 1. The van der Waals surface area contributed by atoms with Crippen molar-refractivity contribution in [3.63, 3.8) is 0 Å². The largest absolute Gasteiger partial charge is 0.484 e. The summed E-state index contributed by atoms with van der Waals surface area (Å²) < 4.78 is 5.44. The number of hydrogen-bond acceptors (Lipinski definition) is 4. The Labute approximate surface area is 156 Å². The molecule has 0 bridgehead atoms. The summed E-state index contributed by atoms with van der Waals surface area (Å²) in [6.07, 6.45) is 3.33. The lowest BCUT2D eigenvalue weighted by atomic mass is 9.96. The average molecular weight is 361 g/mol. The highest BCUT2D eigenvalue weighted by atomic mass is 16.5. The van der Waals surface area contributed by atoms with Gasteiger partial charge in [-0.05, 0) is 71.2 Å². The molecule has 6 heteroatoms. The predicted molar refractivity (Wildman–Crippen MR) is 103 cm³/mol. The van der Waals surface area contributed by atoms with Crippen molar-refractivity contribution in [2.45, 2.75) is 65.1 Å². The van der Waals surface area contributed by atoms with Gasteiger partial charge in [0.15, 0.2) is 6.61 Å². The highest BCUT2D eigenvalue weighted by molar-refractivity contribution is 5.85. The van der Waals surface area contributed by atoms with Gasteiger partial charge in [-0.25, -0.2) is 0 Å². The second-order valence-corrected chi connectivity index (χ2v) is 7.01. The summed E-state index contributed by atoms with van der Waals surface area (Å²) >= 11 is 0. The Hall–Kier alpha value is -2.24. The number of benzene rings is 1. The van der Waals surface area contributed by atoms with E-state index in [1.54, 1.807) is 12.1 Å². The molecule has 2 amide bonds. The molecule has 1 heterocycles. The Kier molecular flexibility index (Phi) is 7.30. The van der Waals surface area contributed by atoms with E-state index in [1.165, 1.54) is 6.42 Å². The quantitative estimate of drug-likeness (QED) is 0.783. The van der Waals surface area contributed by atoms with Crippen molar-refractivity contribution in [2.75, 3.05) is 18.5 Å². The fourth-order valence-corrected chi connectivity index (χ4v) is 3.44. The Balaban J connectivity index is 1.89. The summed E-state index contributed by atoms with van der Waals surface area (Å²) in [4.78, 5) is 26.3. The third-order valence-corrected chi connectivity index (χ3v) is 4.80. The molecule has 2 rings (SSSR count). The number of likely N-dealkylation sites (tertiary alicyclic amines) is 1. The first-order valence-corrected chi connectivity index (χ1v) is 9.50. The third-order valence-electron chi connectivity index (χ3n) is 4.80. The number of amides is 2. The Morgan fingerprint density at radius 1 is 1.19 bits per heavy atom. The zero-order valence-corrected chi connectivity index (χ0v) is 16.2. The van der Waals surface area contributed by atoms with E-state index in [2.05, 4.69) is 24.5 Å². The summed E-state index contributed by atoms with van der Waals surface area (Å²) in [6.45, 7) is 8.61. The molecule has 1 saturated heterocycles. The van der Waals surface area contributed by atoms with Crippen LogP contribution in [0.15, 0.2) is 24.3 Å². The minimum absolute atomic E-state index is 0.000239. The number of nitrogens with one attached hydrogen (secondary N) is 2. The van der Waals surface area contributed by atoms with Gasteiger partial charge < -0.3 is 20.3 Å². The minimum Gasteiger partial charge on any atom is -0.484 e. The van der Waals surface area contributed by atoms with Gasteiger partial charge in [0.05, 0.1) is 0 Å². The lowest BCUT2D eigenvalue weighted by Crippen LogP contribution is -2.52. The van der Waals surface area contributed by atoms with E-state index in [4.69, 9.17) is 4.74 Å². The lowest BCUT2D eigenvalue weighted by molar-refractivity contribution is -0.137. The van der Waals surface area contributed by atoms with E-state index in [0.29, 0.717) is 24.4 Å². The fourth-order valence-electron chi connectivity index (χ4n) is 3.44. The van der Waals surface area contributed by atoms with E-state index in [9.17, 15) is 9.59 Å². The summed E-state index contributed by atoms with van der Waals surface area (Å²) in [6, 6.07) is 7.61. The van der Waals surface area contributed by atoms with Crippen molar-refractivity contribution in [3.8, 4) is 5.75 Å². The maximum absolute atomic E-state index is 12.8. The molecule has 1 aromatic carbocycles. The van der Waals surface area contributed by atoms with E-state index in [-0.39, 0.29) is 24.5 Å². The van der Waals surface area contributed by atoms with E-state index >= 15 is 0 Å². The van der Waals surface area contributed by atoms with Crippen molar-refractivity contribution in [1.29, 1.82) is 0 Å². The molecule has 2 N–H and O–H groups in total. The van der Waals surface area contributed by atoms with Crippen LogP contribution in [0, 0.1) is 0 Å². The topological polar surface area (TPSA) is 70.7 Å². The van der Waals surface area contributed by atoms with Crippen molar-refractivity contribution in [3.05, 3.63) is 24.3 Å². The van der Waals surface area contributed by atoms with Crippen LogP contribution >= 0.6 is 0 Å². The van der Waals surface area contributed by atoms with Crippen LogP contribution in [0.3, 0.4) is 0 Å². The number of likely N-dealkylation sites (N-methyl/N-ethyl adjacent to an activating group) is 1. The van der Waals surface area contributed by atoms with E-state index < -0.39 is 0 Å². The number of anilines is 1. The molecule has 1 fully saturated rings. The van der Waals surface area contributed by atoms with Crippen molar-refractivity contribution < 1.29 is 14.3 Å². The first-order valence-electron chi connectivity index (χ1n) is 9.50. The van der Waals surface area contributed by atoms with Crippen LogP contribution in [0.5, 0.6) is 5.75 Å². The van der Waals surface area contributed by atoms with Gasteiger partial charge >= 0.3 is 0 Å². The SMILES string of the molecule is CCNC(=O)COc1ccc(N[C@H](C)C(=O)N2[C@H](C)CCC[C@H]2C)cc1. The van der Waals surface area contributed by atoms with Crippen LogP contribution in [0.4, 0.5) is 5.69 Å². The summed E-state index contributed by atoms with van der Waals surface area (Å²) in [5, 5.41) is 5.95. The highest BCUT2D eigenvalue weighted by Gasteiger charge is 2.31. The number of nitrogens with zero attached hydrogens (tertiary/aromatic N) is 1. The van der Waals surface area contributed by atoms with Gasteiger partial charge in [0, 0.05) is 24.3 Å². The van der Waals surface area contributed by atoms with Crippen molar-refractivity contribution >= 4 is 17.5 Å². The number of piperidine rings is 1. The van der Waals surface area contributed by atoms with Crippen molar-refractivity contribution in [2.24, 2.45) is 0 Å². The van der Waals surface area contributed by atoms with Crippen LogP contribution in [-0.4, -0.2) is 48.0 Å². The van der Waals surface area contributed by atoms with Gasteiger partial charge in [-0.3, -0.25) is 9.59 Å². The molecule has 1 aliphatic rings.